The number of benzene rings is 1. The first-order valence-corrected chi connectivity index (χ1v) is 11.2. The molecule has 0 saturated carbocycles. The third kappa shape index (κ3) is 2.85. The maximum atomic E-state index is 14.2. The molecule has 31 heavy (non-hydrogen) atoms. The molecule has 1 aromatic carbocycles. The highest BCUT2D eigenvalue weighted by molar-refractivity contribution is 7.09. The van der Waals surface area contributed by atoms with E-state index in [1.807, 2.05) is 18.4 Å². The highest BCUT2D eigenvalue weighted by atomic mass is 32.1. The summed E-state index contributed by atoms with van der Waals surface area (Å²) in [5.41, 5.74) is 3.07. The van der Waals surface area contributed by atoms with Crippen molar-refractivity contribution in [3.8, 4) is 11.3 Å². The number of nitrogens with zero attached hydrogens (tertiary/aromatic N) is 4. The maximum Gasteiger partial charge on any atom is 0.331 e. The Bertz CT molecular complexity index is 1460. The van der Waals surface area contributed by atoms with E-state index in [9.17, 15) is 14.0 Å². The molecule has 1 aliphatic heterocycles. The number of aryl methyl sites for hydroxylation is 2. The second-order valence-electron chi connectivity index (χ2n) is 8.40. The summed E-state index contributed by atoms with van der Waals surface area (Å²) >= 11 is 1.60. The quantitative estimate of drug-likeness (QED) is 0.479. The lowest BCUT2D eigenvalue weighted by Crippen LogP contribution is -2.37. The van der Waals surface area contributed by atoms with Crippen LogP contribution in [0, 0.1) is 18.7 Å². The van der Waals surface area contributed by atoms with Crippen LogP contribution in [0.4, 0.5) is 4.39 Å². The predicted octanol–water partition coefficient (Wildman–Crippen LogP) is 3.78. The van der Waals surface area contributed by atoms with Crippen molar-refractivity contribution in [3.63, 3.8) is 0 Å². The van der Waals surface area contributed by atoms with Crippen molar-refractivity contribution in [1.82, 2.24) is 18.7 Å². The summed E-state index contributed by atoms with van der Waals surface area (Å²) in [5, 5.41) is 3.46. The van der Waals surface area contributed by atoms with Crippen LogP contribution in [-0.2, 0) is 20.6 Å². The van der Waals surface area contributed by atoms with Crippen LogP contribution in [0.3, 0.4) is 0 Å². The van der Waals surface area contributed by atoms with Crippen molar-refractivity contribution in [1.29, 1.82) is 0 Å². The summed E-state index contributed by atoms with van der Waals surface area (Å²) in [4.78, 5) is 31.0. The fraction of sp³-hybridized carbons (Fsp3) is 0.348. The average molecular weight is 439 g/mol. The Morgan fingerprint density at radius 2 is 1.97 bits per heavy atom. The van der Waals surface area contributed by atoms with Gasteiger partial charge >= 0.3 is 5.69 Å². The van der Waals surface area contributed by atoms with E-state index in [4.69, 9.17) is 4.98 Å². The summed E-state index contributed by atoms with van der Waals surface area (Å²) in [5.74, 6) is -0.121. The smallest absolute Gasteiger partial charge is 0.331 e. The molecule has 3 aromatic heterocycles. The zero-order chi connectivity index (χ0) is 22.0. The molecule has 0 N–H and O–H groups in total. The Morgan fingerprint density at radius 3 is 2.65 bits per heavy atom. The Balaban J connectivity index is 1.98. The normalized spacial score (nSPS) is 18.5. The Morgan fingerprint density at radius 1 is 1.19 bits per heavy atom. The minimum absolute atomic E-state index is 0.0463. The molecule has 0 aliphatic carbocycles. The van der Waals surface area contributed by atoms with E-state index in [1.165, 1.54) is 19.2 Å². The molecule has 0 radical (unpaired) electrons. The van der Waals surface area contributed by atoms with Crippen molar-refractivity contribution in [2.45, 2.75) is 32.7 Å². The van der Waals surface area contributed by atoms with Crippen LogP contribution in [0.25, 0.3) is 22.2 Å². The monoisotopic (exact) mass is 438 g/mol. The minimum Gasteiger partial charge on any atom is -0.341 e. The lowest BCUT2D eigenvalue weighted by atomic mass is 9.85. The van der Waals surface area contributed by atoms with Gasteiger partial charge in [-0.1, -0.05) is 19.1 Å². The van der Waals surface area contributed by atoms with Gasteiger partial charge < -0.3 is 4.57 Å². The Hall–Kier alpha value is -3.00. The Kier molecular flexibility index (Phi) is 4.51. The number of halogens is 1. The van der Waals surface area contributed by atoms with Crippen molar-refractivity contribution in [2.24, 2.45) is 20.0 Å². The van der Waals surface area contributed by atoms with E-state index in [2.05, 4.69) is 11.5 Å². The number of hydrogen-bond donors (Lipinski definition) is 0. The molecule has 2 unspecified atom stereocenters. The third-order valence-corrected chi connectivity index (χ3v) is 7.42. The summed E-state index contributed by atoms with van der Waals surface area (Å²) < 4.78 is 19.0. The van der Waals surface area contributed by atoms with Crippen LogP contribution in [0.2, 0.25) is 0 Å². The number of hydrogen-bond acceptors (Lipinski definition) is 4. The van der Waals surface area contributed by atoms with Gasteiger partial charge in [0.25, 0.3) is 5.56 Å². The van der Waals surface area contributed by atoms with E-state index in [0.717, 1.165) is 27.4 Å². The van der Waals surface area contributed by atoms with Crippen molar-refractivity contribution in [3.05, 3.63) is 72.7 Å². The predicted molar refractivity (Wildman–Crippen MR) is 120 cm³/mol. The van der Waals surface area contributed by atoms with Gasteiger partial charge in [-0.05, 0) is 31.4 Å². The topological polar surface area (TPSA) is 61.8 Å². The molecule has 4 aromatic rings. The lowest BCUT2D eigenvalue weighted by molar-refractivity contribution is 0.377. The fourth-order valence-electron chi connectivity index (χ4n) is 4.87. The van der Waals surface area contributed by atoms with Gasteiger partial charge in [0.05, 0.1) is 28.2 Å². The molecule has 1 aliphatic rings. The lowest BCUT2D eigenvalue weighted by Gasteiger charge is -2.31. The molecule has 2 atom stereocenters. The second kappa shape index (κ2) is 7.02. The van der Waals surface area contributed by atoms with Crippen LogP contribution in [-0.4, -0.2) is 18.7 Å². The molecule has 6 nitrogen and oxygen atoms in total. The van der Waals surface area contributed by atoms with E-state index in [0.29, 0.717) is 28.7 Å². The first kappa shape index (κ1) is 19.9. The van der Waals surface area contributed by atoms with Gasteiger partial charge in [-0.3, -0.25) is 13.9 Å². The van der Waals surface area contributed by atoms with E-state index in [1.54, 1.807) is 29.0 Å². The van der Waals surface area contributed by atoms with Gasteiger partial charge in [0, 0.05) is 37.3 Å². The SMILES string of the molecule is Cc1csc(C2c3c4c(c(-c5cccc(F)c5)n3CCC2C)c(=O)n(C)c(=O)n4C)n1. The number of aromatic nitrogens is 4. The van der Waals surface area contributed by atoms with Crippen molar-refractivity contribution in [2.75, 3.05) is 0 Å². The molecule has 0 fully saturated rings. The zero-order valence-electron chi connectivity index (χ0n) is 17.8. The molecular weight excluding hydrogens is 415 g/mol. The summed E-state index contributed by atoms with van der Waals surface area (Å²) in [6.07, 6.45) is 0.897. The average Bonchev–Trinajstić information content (AvgIpc) is 3.32. The fourth-order valence-corrected chi connectivity index (χ4v) is 5.90. The van der Waals surface area contributed by atoms with Crippen molar-refractivity contribution >= 4 is 22.2 Å². The molecule has 160 valence electrons. The zero-order valence-corrected chi connectivity index (χ0v) is 18.7. The molecule has 0 amide bonds. The van der Waals surface area contributed by atoms with Crippen LogP contribution in [0.1, 0.15) is 35.7 Å². The first-order valence-electron chi connectivity index (χ1n) is 10.3. The van der Waals surface area contributed by atoms with Crippen LogP contribution in [0.5, 0.6) is 0 Å². The van der Waals surface area contributed by atoms with Gasteiger partial charge in [-0.25, -0.2) is 14.2 Å². The van der Waals surface area contributed by atoms with E-state index < -0.39 is 0 Å². The second-order valence-corrected chi connectivity index (χ2v) is 9.29. The van der Waals surface area contributed by atoms with Gasteiger partial charge in [0.1, 0.15) is 10.8 Å². The van der Waals surface area contributed by atoms with E-state index in [-0.39, 0.29) is 28.9 Å². The molecule has 0 spiro atoms. The largest absolute Gasteiger partial charge is 0.341 e. The summed E-state index contributed by atoms with van der Waals surface area (Å²) in [6, 6.07) is 6.31. The highest BCUT2D eigenvalue weighted by Gasteiger charge is 2.37. The number of fused-ring (bicyclic) bond motifs is 3. The van der Waals surface area contributed by atoms with E-state index >= 15 is 0 Å². The molecule has 0 saturated heterocycles. The molecule has 5 rings (SSSR count). The van der Waals surface area contributed by atoms with Crippen molar-refractivity contribution < 1.29 is 4.39 Å². The van der Waals surface area contributed by atoms with Gasteiger partial charge in [-0.2, -0.15) is 0 Å². The molecule has 4 heterocycles. The third-order valence-electron chi connectivity index (χ3n) is 6.38. The summed E-state index contributed by atoms with van der Waals surface area (Å²) in [7, 11) is 3.18. The number of rotatable bonds is 2. The molecule has 0 bridgehead atoms. The minimum atomic E-state index is -0.371. The maximum absolute atomic E-state index is 14.2. The van der Waals surface area contributed by atoms with Gasteiger partial charge in [0.2, 0.25) is 0 Å². The summed E-state index contributed by atoms with van der Waals surface area (Å²) in [6.45, 7) is 4.84. The first-order chi connectivity index (χ1) is 14.8. The number of thiazole rings is 1. The Labute approximate surface area is 182 Å². The molecule has 8 heteroatoms. The highest BCUT2D eigenvalue weighted by Crippen LogP contribution is 2.45. The molecular formula is C23H23FN4O2S. The van der Waals surface area contributed by atoms with Crippen LogP contribution < -0.4 is 11.2 Å². The van der Waals surface area contributed by atoms with Gasteiger partial charge in [-0.15, -0.1) is 11.3 Å². The van der Waals surface area contributed by atoms with Gasteiger partial charge in [0.15, 0.2) is 0 Å². The van der Waals surface area contributed by atoms with Crippen LogP contribution in [0.15, 0.2) is 39.2 Å². The van der Waals surface area contributed by atoms with Crippen LogP contribution >= 0.6 is 11.3 Å². The standard InChI is InChI=1S/C23H23FN4O2S/c1-12-8-9-28-18(14-6-5-7-15(24)10-14)17-19(26(3)23(30)27(4)22(17)29)20(28)16(12)21-25-13(2)11-31-21/h5-7,10-12,16H,8-9H2,1-4H3.